The van der Waals surface area contributed by atoms with Crippen molar-refractivity contribution < 1.29 is 20.1 Å². The molecule has 16 heavy (non-hydrogen) atoms. The molecule has 2 rings (SSSR count). The van der Waals surface area contributed by atoms with Gasteiger partial charge in [-0.25, -0.2) is 0 Å². The average molecular weight is 230 g/mol. The first kappa shape index (κ1) is 11.8. The minimum Gasteiger partial charge on any atom is -0.391 e. The van der Waals surface area contributed by atoms with Crippen molar-refractivity contribution in [1.29, 1.82) is 0 Å². The summed E-state index contributed by atoms with van der Waals surface area (Å²) in [6.07, 6.45) is -2.02. The maximum atomic E-state index is 10.9. The molecule has 0 aromatic rings. The van der Waals surface area contributed by atoms with Crippen LogP contribution in [0.5, 0.6) is 0 Å². The monoisotopic (exact) mass is 230 g/mol. The minimum atomic E-state index is -1.02. The molecule has 2 heterocycles. The minimum absolute atomic E-state index is 0.227. The molecule has 0 spiro atoms. The van der Waals surface area contributed by atoms with Crippen LogP contribution in [0.4, 0.5) is 0 Å². The predicted octanol–water partition coefficient (Wildman–Crippen LogP) is -2.34. The van der Waals surface area contributed by atoms with Gasteiger partial charge in [0, 0.05) is 20.0 Å². The first-order valence-electron chi connectivity index (χ1n) is 5.56. The van der Waals surface area contributed by atoms with E-state index in [4.69, 9.17) is 0 Å². The number of piperidine rings is 1. The molecule has 0 radical (unpaired) electrons. The molecule has 2 aliphatic heterocycles. The fourth-order valence-corrected chi connectivity index (χ4v) is 2.71. The van der Waals surface area contributed by atoms with Crippen molar-refractivity contribution in [1.82, 2.24) is 10.2 Å². The SMILES string of the molecule is CC(=O)N[C@@H]1CN2CC[C@H](O)C2C(O)C1O. The van der Waals surface area contributed by atoms with Crippen molar-refractivity contribution in [3.63, 3.8) is 0 Å². The van der Waals surface area contributed by atoms with Gasteiger partial charge in [0.2, 0.25) is 5.91 Å². The van der Waals surface area contributed by atoms with Crippen LogP contribution in [-0.2, 0) is 4.79 Å². The van der Waals surface area contributed by atoms with Crippen LogP contribution in [0.1, 0.15) is 13.3 Å². The number of carbonyl (C=O) groups excluding carboxylic acids is 1. The van der Waals surface area contributed by atoms with Crippen LogP contribution in [0.3, 0.4) is 0 Å². The third kappa shape index (κ3) is 1.93. The molecule has 0 aromatic carbocycles. The zero-order chi connectivity index (χ0) is 11.9. The van der Waals surface area contributed by atoms with Gasteiger partial charge in [-0.1, -0.05) is 0 Å². The number of hydrogen-bond donors (Lipinski definition) is 4. The van der Waals surface area contributed by atoms with Crippen LogP contribution in [0.2, 0.25) is 0 Å². The van der Waals surface area contributed by atoms with Gasteiger partial charge in [-0.2, -0.15) is 0 Å². The van der Waals surface area contributed by atoms with Crippen LogP contribution < -0.4 is 5.32 Å². The van der Waals surface area contributed by atoms with Gasteiger partial charge in [-0.3, -0.25) is 9.69 Å². The van der Waals surface area contributed by atoms with E-state index in [0.29, 0.717) is 19.5 Å². The molecule has 0 bridgehead atoms. The van der Waals surface area contributed by atoms with E-state index >= 15 is 0 Å². The Morgan fingerprint density at radius 3 is 2.62 bits per heavy atom. The van der Waals surface area contributed by atoms with E-state index in [1.165, 1.54) is 6.92 Å². The molecule has 6 nitrogen and oxygen atoms in total. The van der Waals surface area contributed by atoms with E-state index in [9.17, 15) is 20.1 Å². The highest BCUT2D eigenvalue weighted by Crippen LogP contribution is 2.28. The topological polar surface area (TPSA) is 93.0 Å². The number of rotatable bonds is 1. The van der Waals surface area contributed by atoms with Gasteiger partial charge in [0.25, 0.3) is 0 Å². The third-order valence-corrected chi connectivity index (χ3v) is 3.46. The van der Waals surface area contributed by atoms with Crippen LogP contribution in [0, 0.1) is 0 Å². The summed E-state index contributed by atoms with van der Waals surface area (Å²) >= 11 is 0. The summed E-state index contributed by atoms with van der Waals surface area (Å²) in [5.74, 6) is -0.227. The molecule has 2 fully saturated rings. The van der Waals surface area contributed by atoms with E-state index in [1.54, 1.807) is 0 Å². The molecule has 2 aliphatic rings. The highest BCUT2D eigenvalue weighted by atomic mass is 16.3. The fraction of sp³-hybridized carbons (Fsp3) is 0.900. The van der Waals surface area contributed by atoms with Crippen LogP contribution in [0.15, 0.2) is 0 Å². The molecule has 1 amide bonds. The molecule has 4 N–H and O–H groups in total. The number of carbonyl (C=O) groups is 1. The first-order valence-corrected chi connectivity index (χ1v) is 5.56. The quantitative estimate of drug-likeness (QED) is 0.405. The summed E-state index contributed by atoms with van der Waals surface area (Å²) in [5.41, 5.74) is 0. The van der Waals surface area contributed by atoms with Gasteiger partial charge in [-0.15, -0.1) is 0 Å². The van der Waals surface area contributed by atoms with E-state index < -0.39 is 30.4 Å². The van der Waals surface area contributed by atoms with Crippen molar-refractivity contribution in [2.24, 2.45) is 0 Å². The molecule has 3 unspecified atom stereocenters. The van der Waals surface area contributed by atoms with E-state index in [0.717, 1.165) is 0 Å². The predicted molar refractivity (Wildman–Crippen MR) is 55.6 cm³/mol. The third-order valence-electron chi connectivity index (χ3n) is 3.46. The summed E-state index contributed by atoms with van der Waals surface area (Å²) in [6, 6.07) is -0.867. The molecule has 5 atom stereocenters. The fourth-order valence-electron chi connectivity index (χ4n) is 2.71. The highest BCUT2D eigenvalue weighted by Gasteiger charge is 2.48. The zero-order valence-electron chi connectivity index (χ0n) is 9.21. The Kier molecular flexibility index (Phi) is 3.16. The number of aliphatic hydroxyl groups excluding tert-OH is 3. The Hall–Kier alpha value is -0.690. The number of fused-ring (bicyclic) bond motifs is 1. The number of nitrogens with one attached hydrogen (secondary N) is 1. The Morgan fingerprint density at radius 1 is 1.31 bits per heavy atom. The molecule has 6 heteroatoms. The lowest BCUT2D eigenvalue weighted by molar-refractivity contribution is -0.127. The summed E-state index contributed by atoms with van der Waals surface area (Å²) < 4.78 is 0. The molecule has 2 saturated heterocycles. The summed E-state index contributed by atoms with van der Waals surface area (Å²) in [7, 11) is 0. The maximum Gasteiger partial charge on any atom is 0.217 e. The van der Waals surface area contributed by atoms with Crippen molar-refractivity contribution in [3.8, 4) is 0 Å². The maximum absolute atomic E-state index is 10.9. The molecular formula is C10H18N2O4. The number of amides is 1. The Morgan fingerprint density at radius 2 is 2.00 bits per heavy atom. The Labute approximate surface area is 93.9 Å². The second-order valence-electron chi connectivity index (χ2n) is 4.63. The lowest BCUT2D eigenvalue weighted by atomic mass is 9.91. The molecule has 92 valence electrons. The first-order chi connectivity index (χ1) is 7.50. The number of hydrogen-bond acceptors (Lipinski definition) is 5. The number of nitrogens with zero attached hydrogens (tertiary/aromatic N) is 1. The molecule has 0 saturated carbocycles. The van der Waals surface area contributed by atoms with Gasteiger partial charge >= 0.3 is 0 Å². The second-order valence-corrected chi connectivity index (χ2v) is 4.63. The van der Waals surface area contributed by atoms with Crippen LogP contribution in [0.25, 0.3) is 0 Å². The van der Waals surface area contributed by atoms with Crippen molar-refractivity contribution in [2.45, 2.75) is 43.7 Å². The van der Waals surface area contributed by atoms with Crippen LogP contribution in [-0.4, -0.2) is 69.6 Å². The zero-order valence-corrected chi connectivity index (χ0v) is 9.21. The lowest BCUT2D eigenvalue weighted by Crippen LogP contribution is -2.65. The molecular weight excluding hydrogens is 212 g/mol. The summed E-state index contributed by atoms with van der Waals surface area (Å²) in [6.45, 7) is 2.54. The van der Waals surface area contributed by atoms with Gasteiger partial charge in [0.15, 0.2) is 0 Å². The summed E-state index contributed by atoms with van der Waals surface area (Å²) in [4.78, 5) is 12.9. The van der Waals surface area contributed by atoms with Crippen LogP contribution >= 0.6 is 0 Å². The Balaban J connectivity index is 2.09. The molecule has 0 aromatic heterocycles. The lowest BCUT2D eigenvalue weighted by Gasteiger charge is -2.42. The van der Waals surface area contributed by atoms with E-state index in [-0.39, 0.29) is 5.91 Å². The summed E-state index contributed by atoms with van der Waals surface area (Å²) in [5, 5.41) is 32.0. The van der Waals surface area contributed by atoms with Gasteiger partial charge in [0.1, 0.15) is 6.10 Å². The van der Waals surface area contributed by atoms with E-state index in [2.05, 4.69) is 5.32 Å². The van der Waals surface area contributed by atoms with Crippen molar-refractivity contribution in [3.05, 3.63) is 0 Å². The second kappa shape index (κ2) is 4.29. The standard InChI is InChI=1S/C10H18N2O4/c1-5(13)11-6-4-12-3-2-7(14)8(12)10(16)9(6)15/h6-10,14-16H,2-4H2,1H3,(H,11,13)/t6-,7+,8?,9?,10?/m1/s1. The number of aliphatic hydroxyl groups is 3. The normalized spacial score (nSPS) is 44.1. The average Bonchev–Trinajstić information content (AvgIpc) is 2.55. The van der Waals surface area contributed by atoms with Crippen molar-refractivity contribution >= 4 is 5.91 Å². The van der Waals surface area contributed by atoms with E-state index in [1.807, 2.05) is 4.90 Å². The smallest absolute Gasteiger partial charge is 0.217 e. The van der Waals surface area contributed by atoms with Gasteiger partial charge in [-0.05, 0) is 6.42 Å². The van der Waals surface area contributed by atoms with Gasteiger partial charge < -0.3 is 20.6 Å². The highest BCUT2D eigenvalue weighted by molar-refractivity contribution is 5.73. The molecule has 0 aliphatic carbocycles. The Bertz CT molecular complexity index is 286. The largest absolute Gasteiger partial charge is 0.391 e. The van der Waals surface area contributed by atoms with Crippen molar-refractivity contribution in [2.75, 3.05) is 13.1 Å². The van der Waals surface area contributed by atoms with Gasteiger partial charge in [0.05, 0.1) is 24.3 Å².